The minimum Gasteiger partial charge on any atom is -0.412 e. The number of hydrogen-bond donors (Lipinski definition) is 0. The van der Waals surface area contributed by atoms with Crippen LogP contribution in [0.3, 0.4) is 0 Å². The first kappa shape index (κ1) is 14.0. The monoisotopic (exact) mass is 298 g/mol. The zero-order chi connectivity index (χ0) is 13.4. The topological polar surface area (TPSA) is 47.6 Å². The Morgan fingerprint density at radius 3 is 2.57 bits per heavy atom. The van der Waals surface area contributed by atoms with Gasteiger partial charge in [-0.15, -0.1) is 11.3 Å². The molecule has 0 radical (unpaired) electrons. The average Bonchev–Trinajstić information content (AvgIpc) is 3.19. The van der Waals surface area contributed by atoms with Gasteiger partial charge in [-0.2, -0.15) is 0 Å². The molecule has 108 valence electrons. The lowest BCUT2D eigenvalue weighted by molar-refractivity contribution is 0.824. The zero-order valence-electron chi connectivity index (χ0n) is 11.7. The molecule has 0 bridgehead atoms. The molecule has 0 atom stereocenters. The van der Waals surface area contributed by atoms with Crippen molar-refractivity contribution >= 4 is 27.9 Å². The van der Waals surface area contributed by atoms with Gasteiger partial charge in [-0.1, -0.05) is 24.3 Å². The fourth-order valence-electron chi connectivity index (χ4n) is 2.93. The van der Waals surface area contributed by atoms with Gasteiger partial charge in [0.05, 0.1) is 16.1 Å². The molecule has 4 rings (SSSR count). The number of rotatable bonds is 2. The first-order chi connectivity index (χ1) is 9.92. The van der Waals surface area contributed by atoms with Crippen molar-refractivity contribution in [2.24, 2.45) is 0 Å². The average molecular weight is 298 g/mol. The van der Waals surface area contributed by atoms with Gasteiger partial charge in [0.1, 0.15) is 0 Å². The van der Waals surface area contributed by atoms with Crippen LogP contribution in [0, 0.1) is 0 Å². The van der Waals surface area contributed by atoms with Gasteiger partial charge in [0, 0.05) is 24.2 Å². The number of para-hydroxylation sites is 1. The molecule has 0 aliphatic carbocycles. The van der Waals surface area contributed by atoms with Crippen molar-refractivity contribution in [1.29, 1.82) is 0 Å². The van der Waals surface area contributed by atoms with Gasteiger partial charge >= 0.3 is 0 Å². The Morgan fingerprint density at radius 1 is 1.00 bits per heavy atom. The van der Waals surface area contributed by atoms with E-state index >= 15 is 0 Å². The summed E-state index contributed by atoms with van der Waals surface area (Å²) in [5.74, 6) is 0. The van der Waals surface area contributed by atoms with Crippen LogP contribution in [0.5, 0.6) is 0 Å². The fraction of sp³-hybridized carbons (Fsp3) is 0.235. The molecule has 0 spiro atoms. The minimum absolute atomic E-state index is 0. The number of benzene rings is 1. The van der Waals surface area contributed by atoms with Gasteiger partial charge in [-0.05, 0) is 36.4 Å². The van der Waals surface area contributed by atoms with Crippen LogP contribution in [-0.4, -0.2) is 23.5 Å². The highest BCUT2D eigenvalue weighted by atomic mass is 32.1. The summed E-state index contributed by atoms with van der Waals surface area (Å²) in [5.41, 5.74) is 3.54. The van der Waals surface area contributed by atoms with Gasteiger partial charge in [-0.3, -0.25) is 0 Å². The molecular weight excluding hydrogens is 280 g/mol. The highest BCUT2D eigenvalue weighted by Crippen LogP contribution is 2.33. The third kappa shape index (κ3) is 2.52. The molecule has 1 aromatic carbocycles. The zero-order valence-corrected chi connectivity index (χ0v) is 12.6. The lowest BCUT2D eigenvalue weighted by Gasteiger charge is -2.20. The van der Waals surface area contributed by atoms with Crippen LogP contribution in [0.1, 0.15) is 12.8 Å². The Morgan fingerprint density at radius 2 is 1.81 bits per heavy atom. The molecule has 1 fully saturated rings. The number of aromatic nitrogens is 1. The molecule has 3 heterocycles. The molecule has 4 heteroatoms. The summed E-state index contributed by atoms with van der Waals surface area (Å²) in [4.78, 5) is 8.58. The van der Waals surface area contributed by atoms with Crippen molar-refractivity contribution in [1.82, 2.24) is 4.98 Å². The summed E-state index contributed by atoms with van der Waals surface area (Å²) < 4.78 is 0. The maximum atomic E-state index is 4.83. The first-order valence-corrected chi connectivity index (χ1v) is 7.98. The Bertz CT molecular complexity index is 734. The van der Waals surface area contributed by atoms with Crippen molar-refractivity contribution in [2.75, 3.05) is 18.0 Å². The van der Waals surface area contributed by atoms with Crippen LogP contribution in [0.15, 0.2) is 47.8 Å². The first-order valence-electron chi connectivity index (χ1n) is 7.10. The molecule has 0 amide bonds. The van der Waals surface area contributed by atoms with Crippen molar-refractivity contribution in [3.05, 3.63) is 47.8 Å². The molecule has 1 saturated heterocycles. The summed E-state index contributed by atoms with van der Waals surface area (Å²) in [6, 6.07) is 15.0. The van der Waals surface area contributed by atoms with E-state index in [-0.39, 0.29) is 5.48 Å². The maximum Gasteiger partial charge on any atom is 0.0830 e. The largest absolute Gasteiger partial charge is 0.412 e. The van der Waals surface area contributed by atoms with Crippen LogP contribution in [-0.2, 0) is 0 Å². The van der Waals surface area contributed by atoms with Crippen LogP contribution in [0.2, 0.25) is 0 Å². The van der Waals surface area contributed by atoms with Gasteiger partial charge in [0.15, 0.2) is 0 Å². The van der Waals surface area contributed by atoms with E-state index < -0.39 is 0 Å². The molecule has 2 N–H and O–H groups in total. The number of fused-ring (bicyclic) bond motifs is 1. The Balaban J connectivity index is 0.00000132. The second-order valence-corrected chi connectivity index (χ2v) is 6.16. The normalized spacial score (nSPS) is 14.4. The molecule has 0 saturated carbocycles. The lowest BCUT2D eigenvalue weighted by atomic mass is 10.1. The summed E-state index contributed by atoms with van der Waals surface area (Å²) in [7, 11) is 0. The minimum atomic E-state index is 0. The van der Waals surface area contributed by atoms with E-state index in [1.54, 1.807) is 11.3 Å². The summed E-state index contributed by atoms with van der Waals surface area (Å²) in [5, 5.41) is 3.39. The maximum absolute atomic E-state index is 4.83. The molecule has 1 aliphatic rings. The number of hydrogen-bond acceptors (Lipinski definition) is 3. The predicted molar refractivity (Wildman–Crippen MR) is 90.1 cm³/mol. The number of thiophene rings is 1. The number of anilines is 1. The Labute approximate surface area is 128 Å². The van der Waals surface area contributed by atoms with E-state index in [1.165, 1.54) is 28.8 Å². The van der Waals surface area contributed by atoms with E-state index in [1.807, 2.05) is 0 Å². The lowest BCUT2D eigenvalue weighted by Crippen LogP contribution is -2.18. The van der Waals surface area contributed by atoms with Gasteiger partial charge < -0.3 is 10.4 Å². The van der Waals surface area contributed by atoms with E-state index in [0.29, 0.717) is 0 Å². The van der Waals surface area contributed by atoms with Crippen molar-refractivity contribution in [3.63, 3.8) is 0 Å². The molecule has 0 unspecified atom stereocenters. The van der Waals surface area contributed by atoms with Crippen molar-refractivity contribution < 1.29 is 5.48 Å². The van der Waals surface area contributed by atoms with Crippen molar-refractivity contribution in [3.8, 4) is 10.6 Å². The molecule has 1 aliphatic heterocycles. The van der Waals surface area contributed by atoms with Crippen LogP contribution < -0.4 is 4.90 Å². The highest BCUT2D eigenvalue weighted by Gasteiger charge is 2.17. The fourth-order valence-corrected chi connectivity index (χ4v) is 3.61. The molecule has 3 aromatic rings. The molecule has 3 nitrogen and oxygen atoms in total. The van der Waals surface area contributed by atoms with Gasteiger partial charge in [-0.25, -0.2) is 4.98 Å². The molecular formula is C17H18N2OS. The number of pyridine rings is 1. The van der Waals surface area contributed by atoms with Crippen LogP contribution >= 0.6 is 11.3 Å². The predicted octanol–water partition coefficient (Wildman–Crippen LogP) is 3.74. The van der Waals surface area contributed by atoms with E-state index in [2.05, 4.69) is 52.7 Å². The smallest absolute Gasteiger partial charge is 0.0830 e. The van der Waals surface area contributed by atoms with Gasteiger partial charge in [0.25, 0.3) is 0 Å². The van der Waals surface area contributed by atoms with Crippen LogP contribution in [0.4, 0.5) is 5.69 Å². The van der Waals surface area contributed by atoms with E-state index in [0.717, 1.165) is 24.3 Å². The summed E-state index contributed by atoms with van der Waals surface area (Å²) in [6.07, 6.45) is 2.59. The standard InChI is InChI=1S/C17H16N2S.H2O/c1-2-7-14-13(6-1)16(19-9-3-4-10-19)12-15(18-14)17-8-5-11-20-17;/h1-2,5-8,11-12H,3-4,9-10H2;1H2. The van der Waals surface area contributed by atoms with Crippen LogP contribution in [0.25, 0.3) is 21.5 Å². The summed E-state index contributed by atoms with van der Waals surface area (Å²) in [6.45, 7) is 2.33. The SMILES string of the molecule is O.c1csc(-c2cc(N3CCCC3)c3ccccc3n2)c1. The third-order valence-corrected chi connectivity index (χ3v) is 4.81. The van der Waals surface area contributed by atoms with E-state index in [9.17, 15) is 0 Å². The Hall–Kier alpha value is -1.91. The highest BCUT2D eigenvalue weighted by molar-refractivity contribution is 7.13. The second kappa shape index (κ2) is 5.84. The Kier molecular flexibility index (Phi) is 3.90. The van der Waals surface area contributed by atoms with Crippen molar-refractivity contribution in [2.45, 2.75) is 12.8 Å². The second-order valence-electron chi connectivity index (χ2n) is 5.22. The summed E-state index contributed by atoms with van der Waals surface area (Å²) >= 11 is 1.75. The quantitative estimate of drug-likeness (QED) is 0.723. The van der Waals surface area contributed by atoms with Gasteiger partial charge in [0.2, 0.25) is 0 Å². The third-order valence-electron chi connectivity index (χ3n) is 3.91. The van der Waals surface area contributed by atoms with E-state index in [4.69, 9.17) is 4.98 Å². The molecule has 2 aromatic heterocycles. The molecule has 21 heavy (non-hydrogen) atoms. The number of nitrogens with zero attached hydrogens (tertiary/aromatic N) is 2.